The topological polar surface area (TPSA) is 92.7 Å². The van der Waals surface area contributed by atoms with Crippen LogP contribution in [0.5, 0.6) is 5.75 Å². The molecule has 1 aromatic carbocycles. The molecule has 112 valence electrons. The molecule has 0 aliphatic heterocycles. The molecule has 6 nitrogen and oxygen atoms in total. The summed E-state index contributed by atoms with van der Waals surface area (Å²) in [5, 5.41) is 9.22. The lowest BCUT2D eigenvalue weighted by Gasteiger charge is -2.18. The molecule has 8 heteroatoms. The van der Waals surface area contributed by atoms with Crippen LogP contribution < -0.4 is 9.46 Å². The van der Waals surface area contributed by atoms with Crippen LogP contribution in [0.15, 0.2) is 23.1 Å². The van der Waals surface area contributed by atoms with Crippen molar-refractivity contribution in [3.8, 4) is 5.75 Å². The van der Waals surface area contributed by atoms with Gasteiger partial charge in [-0.05, 0) is 19.1 Å². The molecule has 0 aliphatic rings. The summed E-state index contributed by atoms with van der Waals surface area (Å²) in [6.45, 7) is 2.91. The molecule has 0 radical (unpaired) electrons. The fourth-order valence-electron chi connectivity index (χ4n) is 1.49. The maximum absolute atomic E-state index is 12.2. The van der Waals surface area contributed by atoms with Crippen LogP contribution in [0.2, 0.25) is 5.02 Å². The number of carbonyl (C=O) groups is 1. The molecule has 1 rings (SSSR count). The Bertz CT molecular complexity index is 602. The van der Waals surface area contributed by atoms with Gasteiger partial charge in [0.1, 0.15) is 10.6 Å². The highest BCUT2D eigenvalue weighted by atomic mass is 35.5. The van der Waals surface area contributed by atoms with Gasteiger partial charge >= 0.3 is 5.97 Å². The fourth-order valence-corrected chi connectivity index (χ4v) is 3.12. The van der Waals surface area contributed by atoms with Crippen LogP contribution in [-0.4, -0.2) is 32.6 Å². The predicted octanol–water partition coefficient (Wildman–Crippen LogP) is 1.74. The zero-order chi connectivity index (χ0) is 15.5. The summed E-state index contributed by atoms with van der Waals surface area (Å²) in [6, 6.07) is 3.34. The van der Waals surface area contributed by atoms with E-state index in [1.807, 2.05) is 0 Å². The van der Waals surface area contributed by atoms with E-state index in [2.05, 4.69) is 4.72 Å². The average Bonchev–Trinajstić information content (AvgIpc) is 2.36. The van der Waals surface area contributed by atoms with E-state index in [1.165, 1.54) is 39.2 Å². The van der Waals surface area contributed by atoms with Gasteiger partial charge in [-0.15, -0.1) is 0 Å². The molecule has 0 aliphatic carbocycles. The summed E-state index contributed by atoms with van der Waals surface area (Å²) < 4.78 is 31.8. The second kappa shape index (κ2) is 6.43. The first-order valence-corrected chi connectivity index (χ1v) is 7.64. The minimum absolute atomic E-state index is 0.0890. The number of ether oxygens (including phenoxy) is 1. The molecule has 0 fully saturated rings. The predicted molar refractivity (Wildman–Crippen MR) is 74.6 cm³/mol. The molecular weight excluding hydrogens is 306 g/mol. The summed E-state index contributed by atoms with van der Waals surface area (Å²) >= 11 is 5.77. The monoisotopic (exact) mass is 321 g/mol. The average molecular weight is 322 g/mol. The third-order valence-electron chi connectivity index (χ3n) is 2.90. The van der Waals surface area contributed by atoms with Gasteiger partial charge in [0.25, 0.3) is 0 Å². The highest BCUT2D eigenvalue weighted by molar-refractivity contribution is 7.89. The lowest BCUT2D eigenvalue weighted by atomic mass is 10.1. The Morgan fingerprint density at radius 3 is 2.50 bits per heavy atom. The molecule has 2 N–H and O–H groups in total. The number of carboxylic acid groups (broad SMARTS) is 1. The van der Waals surface area contributed by atoms with Crippen molar-refractivity contribution in [1.29, 1.82) is 0 Å². The van der Waals surface area contributed by atoms with Gasteiger partial charge in [-0.1, -0.05) is 18.5 Å². The SMILES string of the molecule is COc1cc(Cl)ccc1S(=O)(=O)NC(C)C(C)C(=O)O. The van der Waals surface area contributed by atoms with Crippen LogP contribution in [-0.2, 0) is 14.8 Å². The van der Waals surface area contributed by atoms with Crippen molar-refractivity contribution in [2.75, 3.05) is 7.11 Å². The number of carboxylic acids is 1. The number of sulfonamides is 1. The van der Waals surface area contributed by atoms with Gasteiger partial charge in [0.2, 0.25) is 10.0 Å². The van der Waals surface area contributed by atoms with Crippen LogP contribution in [0, 0.1) is 5.92 Å². The zero-order valence-corrected chi connectivity index (χ0v) is 12.8. The van der Waals surface area contributed by atoms with E-state index in [-0.39, 0.29) is 10.6 Å². The van der Waals surface area contributed by atoms with E-state index < -0.39 is 28.0 Å². The minimum atomic E-state index is -3.89. The van der Waals surface area contributed by atoms with Crippen LogP contribution in [0.1, 0.15) is 13.8 Å². The Morgan fingerprint density at radius 1 is 1.40 bits per heavy atom. The summed E-state index contributed by atoms with van der Waals surface area (Å²) in [5.41, 5.74) is 0. The molecule has 2 atom stereocenters. The van der Waals surface area contributed by atoms with Gasteiger partial charge in [-0.25, -0.2) is 13.1 Å². The second-order valence-electron chi connectivity index (χ2n) is 4.33. The molecule has 0 amide bonds. The number of halogens is 1. The molecule has 0 aromatic heterocycles. The van der Waals surface area contributed by atoms with Crippen molar-refractivity contribution in [2.45, 2.75) is 24.8 Å². The summed E-state index contributed by atoms with van der Waals surface area (Å²) in [4.78, 5) is 10.8. The number of rotatable bonds is 6. The molecular formula is C12H16ClNO5S. The number of nitrogens with one attached hydrogen (secondary N) is 1. The number of benzene rings is 1. The van der Waals surface area contributed by atoms with Gasteiger partial charge < -0.3 is 9.84 Å². The number of aliphatic carboxylic acids is 1. The number of hydrogen-bond donors (Lipinski definition) is 2. The first kappa shape index (κ1) is 16.7. The van der Waals surface area contributed by atoms with Crippen LogP contribution in [0.25, 0.3) is 0 Å². The smallest absolute Gasteiger partial charge is 0.307 e. The van der Waals surface area contributed by atoms with Crippen LogP contribution >= 0.6 is 11.6 Å². The lowest BCUT2D eigenvalue weighted by Crippen LogP contribution is -2.40. The highest BCUT2D eigenvalue weighted by Crippen LogP contribution is 2.27. The lowest BCUT2D eigenvalue weighted by molar-refractivity contribution is -0.141. The third kappa shape index (κ3) is 3.84. The molecule has 1 aromatic rings. The van der Waals surface area contributed by atoms with Gasteiger partial charge in [0.15, 0.2) is 0 Å². The van der Waals surface area contributed by atoms with Crippen molar-refractivity contribution >= 4 is 27.6 Å². The van der Waals surface area contributed by atoms with Gasteiger partial charge in [0, 0.05) is 17.1 Å². The van der Waals surface area contributed by atoms with Crippen LogP contribution in [0.3, 0.4) is 0 Å². The number of methoxy groups -OCH3 is 1. The van der Waals surface area contributed by atoms with E-state index in [0.717, 1.165) is 0 Å². The molecule has 0 spiro atoms. The Labute approximate surface area is 122 Å². The second-order valence-corrected chi connectivity index (χ2v) is 6.45. The van der Waals surface area contributed by atoms with Gasteiger partial charge in [0.05, 0.1) is 13.0 Å². The van der Waals surface area contributed by atoms with E-state index in [4.69, 9.17) is 21.4 Å². The molecule has 0 heterocycles. The Morgan fingerprint density at radius 2 is 2.00 bits per heavy atom. The highest BCUT2D eigenvalue weighted by Gasteiger charge is 2.27. The Kier molecular flexibility index (Phi) is 5.38. The van der Waals surface area contributed by atoms with Crippen molar-refractivity contribution in [1.82, 2.24) is 4.72 Å². The van der Waals surface area contributed by atoms with E-state index in [0.29, 0.717) is 5.02 Å². The van der Waals surface area contributed by atoms with Crippen LogP contribution in [0.4, 0.5) is 0 Å². The van der Waals surface area contributed by atoms with E-state index in [9.17, 15) is 13.2 Å². The molecule has 0 saturated carbocycles. The standard InChI is InChI=1S/C12H16ClNO5S/c1-7(12(15)16)8(2)14-20(17,18)11-5-4-9(13)6-10(11)19-3/h4-8,14H,1-3H3,(H,15,16). The summed E-state index contributed by atoms with van der Waals surface area (Å²) in [7, 11) is -2.57. The molecule has 0 saturated heterocycles. The van der Waals surface area contributed by atoms with E-state index >= 15 is 0 Å². The van der Waals surface area contributed by atoms with Crippen molar-refractivity contribution in [3.05, 3.63) is 23.2 Å². The maximum atomic E-state index is 12.2. The first-order chi connectivity index (χ1) is 9.19. The largest absolute Gasteiger partial charge is 0.495 e. The molecule has 20 heavy (non-hydrogen) atoms. The Hall–Kier alpha value is -1.31. The van der Waals surface area contributed by atoms with Gasteiger partial charge in [-0.2, -0.15) is 0 Å². The van der Waals surface area contributed by atoms with Gasteiger partial charge in [-0.3, -0.25) is 4.79 Å². The minimum Gasteiger partial charge on any atom is -0.495 e. The number of hydrogen-bond acceptors (Lipinski definition) is 4. The fraction of sp³-hybridized carbons (Fsp3) is 0.417. The zero-order valence-electron chi connectivity index (χ0n) is 11.3. The summed E-state index contributed by atoms with van der Waals surface area (Å²) in [6.07, 6.45) is 0. The third-order valence-corrected chi connectivity index (χ3v) is 4.73. The Balaban J connectivity index is 3.09. The van der Waals surface area contributed by atoms with Crippen molar-refractivity contribution in [3.63, 3.8) is 0 Å². The van der Waals surface area contributed by atoms with Crippen molar-refractivity contribution in [2.24, 2.45) is 5.92 Å². The molecule has 2 unspecified atom stereocenters. The van der Waals surface area contributed by atoms with Crippen molar-refractivity contribution < 1.29 is 23.1 Å². The quantitative estimate of drug-likeness (QED) is 0.832. The van der Waals surface area contributed by atoms with E-state index in [1.54, 1.807) is 0 Å². The molecule has 0 bridgehead atoms. The summed E-state index contributed by atoms with van der Waals surface area (Å²) in [5.74, 6) is -1.84. The first-order valence-electron chi connectivity index (χ1n) is 5.77. The maximum Gasteiger partial charge on any atom is 0.307 e. The normalized spacial score (nSPS) is 14.6.